The fraction of sp³-hybridized carbons (Fsp3) is 0.533. The summed E-state index contributed by atoms with van der Waals surface area (Å²) in [5.41, 5.74) is 0.941. The van der Waals surface area contributed by atoms with Gasteiger partial charge in [0.2, 0.25) is 5.91 Å². The first-order valence-corrected chi connectivity index (χ1v) is 8.30. The Morgan fingerprint density at radius 2 is 2.22 bits per heavy atom. The van der Waals surface area contributed by atoms with Gasteiger partial charge in [-0.15, -0.1) is 23.7 Å². The number of nitrogens with one attached hydrogen (secondary N) is 2. The number of thiophene rings is 1. The minimum absolute atomic E-state index is 0. The highest BCUT2D eigenvalue weighted by atomic mass is 35.5. The Balaban J connectivity index is 0.00000192. The topological polar surface area (TPSA) is 76.0 Å². The van der Waals surface area contributed by atoms with Gasteiger partial charge in [0, 0.05) is 43.4 Å². The highest BCUT2D eigenvalue weighted by Gasteiger charge is 2.17. The van der Waals surface area contributed by atoms with Gasteiger partial charge in [0.25, 0.3) is 5.56 Å². The zero-order valence-corrected chi connectivity index (χ0v) is 14.9. The van der Waals surface area contributed by atoms with Gasteiger partial charge in [-0.05, 0) is 19.4 Å². The molecule has 0 aliphatic carbocycles. The summed E-state index contributed by atoms with van der Waals surface area (Å²) in [6, 6.07) is 0. The Hall–Kier alpha value is -1.44. The van der Waals surface area contributed by atoms with Crippen LogP contribution in [0.5, 0.6) is 0 Å². The van der Waals surface area contributed by atoms with Gasteiger partial charge in [-0.3, -0.25) is 14.2 Å². The van der Waals surface area contributed by atoms with Gasteiger partial charge in [0.1, 0.15) is 4.83 Å². The van der Waals surface area contributed by atoms with Gasteiger partial charge < -0.3 is 10.6 Å². The molecule has 126 valence electrons. The van der Waals surface area contributed by atoms with Crippen LogP contribution in [0.4, 0.5) is 0 Å². The minimum Gasteiger partial charge on any atom is -0.356 e. The van der Waals surface area contributed by atoms with Crippen LogP contribution in [0, 0.1) is 19.8 Å². The van der Waals surface area contributed by atoms with E-state index < -0.39 is 0 Å². The lowest BCUT2D eigenvalue weighted by Crippen LogP contribution is -2.48. The Labute approximate surface area is 144 Å². The molecule has 0 bridgehead atoms. The third-order valence-corrected chi connectivity index (χ3v) is 5.30. The van der Waals surface area contributed by atoms with Crippen LogP contribution >= 0.6 is 23.7 Å². The molecule has 2 N–H and O–H groups in total. The summed E-state index contributed by atoms with van der Waals surface area (Å²) in [4.78, 5) is 30.6. The molecule has 2 aromatic heterocycles. The first-order valence-electron chi connectivity index (χ1n) is 7.49. The molecule has 23 heavy (non-hydrogen) atoms. The van der Waals surface area contributed by atoms with Gasteiger partial charge in [-0.2, -0.15) is 0 Å². The standard InChI is InChI=1S/C15H20N4O2S.ClH/c1-9-10(2)22-14-13(9)15(21)19(8-18-14)4-3-12(20)17-7-11-5-16-6-11;/h8,11,16H,3-7H2,1-2H3,(H,17,20);1H. The number of carbonyl (C=O) groups is 1. The smallest absolute Gasteiger partial charge is 0.262 e. The third kappa shape index (κ3) is 3.73. The van der Waals surface area contributed by atoms with Crippen molar-refractivity contribution >= 4 is 39.9 Å². The number of nitrogens with zero attached hydrogens (tertiary/aromatic N) is 2. The largest absolute Gasteiger partial charge is 0.356 e. The highest BCUT2D eigenvalue weighted by molar-refractivity contribution is 7.18. The van der Waals surface area contributed by atoms with Crippen LogP contribution in [0.1, 0.15) is 16.9 Å². The number of rotatable bonds is 5. The molecule has 0 unspecified atom stereocenters. The molecule has 0 spiro atoms. The Kier molecular flexibility index (Phi) is 5.78. The first kappa shape index (κ1) is 17.9. The maximum Gasteiger partial charge on any atom is 0.262 e. The molecule has 3 rings (SSSR count). The zero-order chi connectivity index (χ0) is 15.7. The van der Waals surface area contributed by atoms with Crippen molar-refractivity contribution in [3.8, 4) is 0 Å². The first-order chi connectivity index (χ1) is 10.6. The van der Waals surface area contributed by atoms with Crippen molar-refractivity contribution in [2.24, 2.45) is 5.92 Å². The molecular weight excluding hydrogens is 336 g/mol. The number of aryl methyl sites for hydroxylation is 3. The van der Waals surface area contributed by atoms with E-state index >= 15 is 0 Å². The number of amides is 1. The molecule has 0 saturated carbocycles. The van der Waals surface area contributed by atoms with Crippen molar-refractivity contribution in [3.05, 3.63) is 27.1 Å². The molecule has 2 aromatic rings. The van der Waals surface area contributed by atoms with Crippen molar-refractivity contribution in [3.63, 3.8) is 0 Å². The summed E-state index contributed by atoms with van der Waals surface area (Å²) in [6.07, 6.45) is 1.85. The van der Waals surface area contributed by atoms with E-state index in [1.807, 2.05) is 13.8 Å². The van der Waals surface area contributed by atoms with Crippen molar-refractivity contribution in [2.75, 3.05) is 19.6 Å². The normalized spacial score (nSPS) is 14.3. The Morgan fingerprint density at radius 1 is 1.48 bits per heavy atom. The monoisotopic (exact) mass is 356 g/mol. The molecule has 6 nitrogen and oxygen atoms in total. The molecular formula is C15H21ClN4O2S. The molecule has 3 heterocycles. The second kappa shape index (κ2) is 7.42. The summed E-state index contributed by atoms with van der Waals surface area (Å²) in [7, 11) is 0. The highest BCUT2D eigenvalue weighted by Crippen LogP contribution is 2.25. The number of halogens is 1. The average Bonchev–Trinajstić information content (AvgIpc) is 2.72. The lowest BCUT2D eigenvalue weighted by Gasteiger charge is -2.27. The fourth-order valence-corrected chi connectivity index (χ4v) is 3.48. The van der Waals surface area contributed by atoms with Gasteiger partial charge in [0.05, 0.1) is 11.7 Å². The van der Waals surface area contributed by atoms with E-state index in [0.717, 1.165) is 28.4 Å². The van der Waals surface area contributed by atoms with Gasteiger partial charge in [-0.25, -0.2) is 4.98 Å². The average molecular weight is 357 g/mol. The molecule has 1 aliphatic heterocycles. The summed E-state index contributed by atoms with van der Waals surface area (Å²) in [6.45, 7) is 6.95. The molecule has 1 aliphatic rings. The lowest BCUT2D eigenvalue weighted by molar-refractivity contribution is -0.121. The maximum atomic E-state index is 12.5. The summed E-state index contributed by atoms with van der Waals surface area (Å²) >= 11 is 1.54. The molecule has 0 radical (unpaired) electrons. The van der Waals surface area contributed by atoms with Gasteiger partial charge in [0.15, 0.2) is 0 Å². The number of carbonyl (C=O) groups excluding carboxylic acids is 1. The molecule has 0 atom stereocenters. The van der Waals surface area contributed by atoms with Crippen LogP contribution in [0.25, 0.3) is 10.2 Å². The van der Waals surface area contributed by atoms with Crippen LogP contribution in [-0.4, -0.2) is 35.1 Å². The predicted octanol–water partition coefficient (Wildman–Crippen LogP) is 1.22. The maximum absolute atomic E-state index is 12.5. The van der Waals surface area contributed by atoms with Crippen LogP contribution in [0.3, 0.4) is 0 Å². The van der Waals surface area contributed by atoms with Gasteiger partial charge >= 0.3 is 0 Å². The van der Waals surface area contributed by atoms with Crippen LogP contribution < -0.4 is 16.2 Å². The summed E-state index contributed by atoms with van der Waals surface area (Å²) in [5, 5.41) is 6.77. The minimum atomic E-state index is -0.0529. The second-order valence-electron chi connectivity index (χ2n) is 5.78. The van der Waals surface area contributed by atoms with E-state index in [4.69, 9.17) is 0 Å². The number of aromatic nitrogens is 2. The number of hydrogen-bond acceptors (Lipinski definition) is 5. The molecule has 1 fully saturated rings. The zero-order valence-electron chi connectivity index (χ0n) is 13.2. The van der Waals surface area contributed by atoms with Crippen LogP contribution in [-0.2, 0) is 11.3 Å². The predicted molar refractivity (Wildman–Crippen MR) is 94.6 cm³/mol. The van der Waals surface area contributed by atoms with E-state index in [0.29, 0.717) is 30.8 Å². The van der Waals surface area contributed by atoms with E-state index in [1.165, 1.54) is 15.9 Å². The van der Waals surface area contributed by atoms with Crippen LogP contribution in [0.15, 0.2) is 11.1 Å². The van der Waals surface area contributed by atoms with Crippen molar-refractivity contribution in [1.82, 2.24) is 20.2 Å². The quantitative estimate of drug-likeness (QED) is 0.844. The Morgan fingerprint density at radius 3 is 2.87 bits per heavy atom. The van der Waals surface area contributed by atoms with E-state index in [2.05, 4.69) is 15.6 Å². The van der Waals surface area contributed by atoms with E-state index in [1.54, 1.807) is 6.33 Å². The molecule has 1 amide bonds. The second-order valence-corrected chi connectivity index (χ2v) is 6.99. The molecule has 1 saturated heterocycles. The molecule has 0 aromatic carbocycles. The van der Waals surface area contributed by atoms with Crippen molar-refractivity contribution in [1.29, 1.82) is 0 Å². The fourth-order valence-electron chi connectivity index (χ4n) is 2.49. The van der Waals surface area contributed by atoms with Crippen LogP contribution in [0.2, 0.25) is 0 Å². The SMILES string of the molecule is Cc1sc2ncn(CCC(=O)NCC3CNC3)c(=O)c2c1C.Cl. The third-order valence-electron chi connectivity index (χ3n) is 4.19. The lowest BCUT2D eigenvalue weighted by atomic mass is 10.0. The van der Waals surface area contributed by atoms with Gasteiger partial charge in [-0.1, -0.05) is 0 Å². The Bertz CT molecular complexity index is 767. The summed E-state index contributed by atoms with van der Waals surface area (Å²) < 4.78 is 1.53. The number of hydrogen-bond donors (Lipinski definition) is 2. The van der Waals surface area contributed by atoms with E-state index in [-0.39, 0.29) is 23.9 Å². The van der Waals surface area contributed by atoms with Crippen molar-refractivity contribution in [2.45, 2.75) is 26.8 Å². The van der Waals surface area contributed by atoms with E-state index in [9.17, 15) is 9.59 Å². The summed E-state index contributed by atoms with van der Waals surface area (Å²) in [5.74, 6) is 0.526. The number of fused-ring (bicyclic) bond motifs is 1. The molecule has 8 heteroatoms. The van der Waals surface area contributed by atoms with Crippen molar-refractivity contribution < 1.29 is 4.79 Å².